The SMILES string of the molecule is Cc1ccc(C(O)Cc2ccc(Br)cn2)c(C)c1. The van der Waals surface area contributed by atoms with Crippen LogP contribution in [-0.4, -0.2) is 10.1 Å². The highest BCUT2D eigenvalue weighted by molar-refractivity contribution is 9.10. The molecule has 0 bridgehead atoms. The van der Waals surface area contributed by atoms with Gasteiger partial charge in [0.15, 0.2) is 0 Å². The lowest BCUT2D eigenvalue weighted by molar-refractivity contribution is 0.176. The topological polar surface area (TPSA) is 33.1 Å². The molecule has 1 aromatic carbocycles. The molecule has 0 aliphatic heterocycles. The van der Waals surface area contributed by atoms with Gasteiger partial charge in [-0.15, -0.1) is 0 Å². The van der Waals surface area contributed by atoms with E-state index >= 15 is 0 Å². The van der Waals surface area contributed by atoms with E-state index in [2.05, 4.69) is 33.9 Å². The van der Waals surface area contributed by atoms with Crippen LogP contribution in [0.1, 0.15) is 28.5 Å². The molecule has 0 saturated heterocycles. The maximum Gasteiger partial charge on any atom is 0.0848 e. The number of benzene rings is 1. The predicted molar refractivity (Wildman–Crippen MR) is 76.5 cm³/mol. The summed E-state index contributed by atoms with van der Waals surface area (Å²) in [5.41, 5.74) is 4.21. The van der Waals surface area contributed by atoms with E-state index in [9.17, 15) is 5.11 Å². The van der Waals surface area contributed by atoms with E-state index in [4.69, 9.17) is 0 Å². The van der Waals surface area contributed by atoms with Gasteiger partial charge in [-0.25, -0.2) is 0 Å². The molecule has 94 valence electrons. The van der Waals surface area contributed by atoms with Gasteiger partial charge in [0.2, 0.25) is 0 Å². The number of pyridine rings is 1. The van der Waals surface area contributed by atoms with Crippen molar-refractivity contribution in [3.63, 3.8) is 0 Å². The number of rotatable bonds is 3. The minimum absolute atomic E-state index is 0.501. The van der Waals surface area contributed by atoms with E-state index in [1.165, 1.54) is 5.56 Å². The first-order valence-corrected chi connectivity index (χ1v) is 6.71. The Morgan fingerprint density at radius 2 is 2.00 bits per heavy atom. The van der Waals surface area contributed by atoms with E-state index in [1.807, 2.05) is 31.2 Å². The summed E-state index contributed by atoms with van der Waals surface area (Å²) in [5.74, 6) is 0. The van der Waals surface area contributed by atoms with Crippen LogP contribution in [0.4, 0.5) is 0 Å². The molecule has 1 heterocycles. The minimum atomic E-state index is -0.501. The quantitative estimate of drug-likeness (QED) is 0.937. The molecule has 0 aliphatic rings. The lowest BCUT2D eigenvalue weighted by Crippen LogP contribution is -2.05. The van der Waals surface area contributed by atoms with Crippen molar-refractivity contribution in [3.8, 4) is 0 Å². The molecule has 1 unspecified atom stereocenters. The number of aryl methyl sites for hydroxylation is 2. The van der Waals surface area contributed by atoms with Crippen molar-refractivity contribution in [3.05, 3.63) is 63.4 Å². The average Bonchev–Trinajstić information content (AvgIpc) is 2.32. The zero-order chi connectivity index (χ0) is 13.1. The van der Waals surface area contributed by atoms with Crippen LogP contribution in [0.25, 0.3) is 0 Å². The van der Waals surface area contributed by atoms with Crippen molar-refractivity contribution in [1.82, 2.24) is 4.98 Å². The second kappa shape index (κ2) is 5.63. The highest BCUT2D eigenvalue weighted by atomic mass is 79.9. The number of nitrogens with zero attached hydrogens (tertiary/aromatic N) is 1. The molecule has 3 heteroatoms. The molecule has 0 spiro atoms. The van der Waals surface area contributed by atoms with Gasteiger partial charge in [-0.05, 0) is 53.0 Å². The fraction of sp³-hybridized carbons (Fsp3) is 0.267. The number of aromatic nitrogens is 1. The average molecular weight is 306 g/mol. The van der Waals surface area contributed by atoms with Crippen molar-refractivity contribution < 1.29 is 5.11 Å². The molecular formula is C15H16BrNO. The van der Waals surface area contributed by atoms with Crippen LogP contribution in [-0.2, 0) is 6.42 Å². The first-order chi connectivity index (χ1) is 8.56. The molecule has 2 aromatic rings. The van der Waals surface area contributed by atoms with E-state index in [0.29, 0.717) is 6.42 Å². The Labute approximate surface area is 116 Å². The normalized spacial score (nSPS) is 12.4. The third kappa shape index (κ3) is 3.18. The summed E-state index contributed by atoms with van der Waals surface area (Å²) >= 11 is 3.35. The van der Waals surface area contributed by atoms with Gasteiger partial charge in [-0.3, -0.25) is 4.98 Å². The number of hydrogen-bond acceptors (Lipinski definition) is 2. The summed E-state index contributed by atoms with van der Waals surface area (Å²) in [6.45, 7) is 4.08. The van der Waals surface area contributed by atoms with Crippen molar-refractivity contribution in [2.24, 2.45) is 0 Å². The third-order valence-electron chi connectivity index (χ3n) is 2.98. The molecule has 2 rings (SSSR count). The number of aliphatic hydroxyl groups is 1. The summed E-state index contributed by atoms with van der Waals surface area (Å²) in [6.07, 6.45) is 1.79. The molecule has 2 nitrogen and oxygen atoms in total. The summed E-state index contributed by atoms with van der Waals surface area (Å²) in [5, 5.41) is 10.3. The van der Waals surface area contributed by atoms with Crippen LogP contribution < -0.4 is 0 Å². The molecule has 18 heavy (non-hydrogen) atoms. The van der Waals surface area contributed by atoms with Gasteiger partial charge in [0.25, 0.3) is 0 Å². The van der Waals surface area contributed by atoms with Gasteiger partial charge in [0.1, 0.15) is 0 Å². The van der Waals surface area contributed by atoms with Gasteiger partial charge in [-0.1, -0.05) is 23.8 Å². The van der Waals surface area contributed by atoms with Gasteiger partial charge < -0.3 is 5.11 Å². The molecule has 1 aromatic heterocycles. The second-order valence-electron chi connectivity index (χ2n) is 4.55. The summed E-state index contributed by atoms with van der Waals surface area (Å²) in [4.78, 5) is 4.28. The Kier molecular flexibility index (Phi) is 4.15. The molecule has 1 atom stereocenters. The number of halogens is 1. The van der Waals surface area contributed by atoms with Crippen LogP contribution in [0.3, 0.4) is 0 Å². The van der Waals surface area contributed by atoms with Crippen LogP contribution in [0, 0.1) is 13.8 Å². The van der Waals surface area contributed by atoms with Gasteiger partial charge in [0, 0.05) is 22.8 Å². The molecule has 1 N–H and O–H groups in total. The summed E-state index contributed by atoms with van der Waals surface area (Å²) < 4.78 is 0.951. The Bertz CT molecular complexity index is 537. The Hall–Kier alpha value is -1.19. The van der Waals surface area contributed by atoms with E-state index in [1.54, 1.807) is 6.20 Å². The second-order valence-corrected chi connectivity index (χ2v) is 5.46. The predicted octanol–water partition coefficient (Wildman–Crippen LogP) is 3.74. The third-order valence-corrected chi connectivity index (χ3v) is 3.44. The Morgan fingerprint density at radius 1 is 1.22 bits per heavy atom. The molecule has 0 radical (unpaired) electrons. The molecule has 0 fully saturated rings. The lowest BCUT2D eigenvalue weighted by Gasteiger charge is -2.14. The van der Waals surface area contributed by atoms with E-state index in [0.717, 1.165) is 21.3 Å². The zero-order valence-electron chi connectivity index (χ0n) is 10.5. The Morgan fingerprint density at radius 3 is 2.61 bits per heavy atom. The summed E-state index contributed by atoms with van der Waals surface area (Å²) in [6, 6.07) is 9.98. The van der Waals surface area contributed by atoms with E-state index in [-0.39, 0.29) is 0 Å². The maximum absolute atomic E-state index is 10.3. The van der Waals surface area contributed by atoms with Gasteiger partial charge in [-0.2, -0.15) is 0 Å². The highest BCUT2D eigenvalue weighted by Gasteiger charge is 2.11. The lowest BCUT2D eigenvalue weighted by atomic mass is 9.98. The molecule has 0 saturated carbocycles. The smallest absolute Gasteiger partial charge is 0.0848 e. The van der Waals surface area contributed by atoms with Crippen molar-refractivity contribution in [2.45, 2.75) is 26.4 Å². The standard InChI is InChI=1S/C15H16BrNO/c1-10-3-6-14(11(2)7-10)15(18)8-13-5-4-12(16)9-17-13/h3-7,9,15,18H,8H2,1-2H3. The van der Waals surface area contributed by atoms with Crippen molar-refractivity contribution >= 4 is 15.9 Å². The van der Waals surface area contributed by atoms with Gasteiger partial charge >= 0.3 is 0 Å². The highest BCUT2D eigenvalue weighted by Crippen LogP contribution is 2.22. The molecule has 0 aliphatic carbocycles. The fourth-order valence-electron chi connectivity index (χ4n) is 2.03. The Balaban J connectivity index is 2.16. The number of aliphatic hydroxyl groups excluding tert-OH is 1. The van der Waals surface area contributed by atoms with Crippen molar-refractivity contribution in [1.29, 1.82) is 0 Å². The minimum Gasteiger partial charge on any atom is -0.388 e. The first kappa shape index (κ1) is 13.2. The van der Waals surface area contributed by atoms with E-state index < -0.39 is 6.10 Å². The van der Waals surface area contributed by atoms with Crippen LogP contribution in [0.15, 0.2) is 41.0 Å². The van der Waals surface area contributed by atoms with Gasteiger partial charge in [0.05, 0.1) is 6.10 Å². The zero-order valence-corrected chi connectivity index (χ0v) is 12.1. The first-order valence-electron chi connectivity index (χ1n) is 5.92. The summed E-state index contributed by atoms with van der Waals surface area (Å²) in [7, 11) is 0. The molecular weight excluding hydrogens is 290 g/mol. The largest absolute Gasteiger partial charge is 0.388 e. The van der Waals surface area contributed by atoms with Crippen LogP contribution >= 0.6 is 15.9 Å². The fourth-order valence-corrected chi connectivity index (χ4v) is 2.27. The number of hydrogen-bond donors (Lipinski definition) is 1. The van der Waals surface area contributed by atoms with Crippen molar-refractivity contribution in [2.75, 3.05) is 0 Å². The van der Waals surface area contributed by atoms with Crippen LogP contribution in [0.5, 0.6) is 0 Å². The van der Waals surface area contributed by atoms with Crippen LogP contribution in [0.2, 0.25) is 0 Å². The maximum atomic E-state index is 10.3. The monoisotopic (exact) mass is 305 g/mol. The molecule has 0 amide bonds.